The summed E-state index contributed by atoms with van der Waals surface area (Å²) >= 11 is 0. The molecule has 0 atom stereocenters. The minimum atomic E-state index is 0.634. The van der Waals surface area contributed by atoms with E-state index < -0.39 is 0 Å². The molecule has 0 aliphatic rings. The SMILES string of the molecule is COc1ccc2cc(Cn3cccn3)c(-c3ccccc3OC)nc2c1. The summed E-state index contributed by atoms with van der Waals surface area (Å²) in [5.74, 6) is 1.58. The second kappa shape index (κ2) is 6.88. The van der Waals surface area contributed by atoms with E-state index in [9.17, 15) is 0 Å². The van der Waals surface area contributed by atoms with Crippen LogP contribution in [0.1, 0.15) is 5.56 Å². The van der Waals surface area contributed by atoms with Gasteiger partial charge in [-0.15, -0.1) is 0 Å². The summed E-state index contributed by atoms with van der Waals surface area (Å²) < 4.78 is 12.8. The van der Waals surface area contributed by atoms with Crippen LogP contribution < -0.4 is 9.47 Å². The lowest BCUT2D eigenvalue weighted by Gasteiger charge is -2.14. The van der Waals surface area contributed by atoms with Crippen molar-refractivity contribution in [2.24, 2.45) is 0 Å². The highest BCUT2D eigenvalue weighted by Gasteiger charge is 2.14. The molecule has 4 aromatic rings. The van der Waals surface area contributed by atoms with Gasteiger partial charge < -0.3 is 9.47 Å². The molecule has 0 aliphatic heterocycles. The maximum absolute atomic E-state index is 5.56. The quantitative estimate of drug-likeness (QED) is 0.545. The monoisotopic (exact) mass is 345 g/mol. The summed E-state index contributed by atoms with van der Waals surface area (Å²) in [7, 11) is 3.34. The fraction of sp³-hybridized carbons (Fsp3) is 0.143. The van der Waals surface area contributed by atoms with Gasteiger partial charge in [0.2, 0.25) is 0 Å². The Hall–Kier alpha value is -3.34. The lowest BCUT2D eigenvalue weighted by Crippen LogP contribution is -2.04. The molecule has 0 unspecified atom stereocenters. The summed E-state index contributed by atoms with van der Waals surface area (Å²) in [6.07, 6.45) is 3.73. The molecule has 2 heterocycles. The first-order valence-electron chi connectivity index (χ1n) is 8.37. The average molecular weight is 345 g/mol. The number of fused-ring (bicyclic) bond motifs is 1. The van der Waals surface area contributed by atoms with E-state index >= 15 is 0 Å². The third-order valence-electron chi connectivity index (χ3n) is 4.36. The molecule has 0 saturated carbocycles. The Morgan fingerprint density at radius 3 is 2.62 bits per heavy atom. The van der Waals surface area contributed by atoms with Crippen molar-refractivity contribution in [2.45, 2.75) is 6.54 Å². The second-order valence-electron chi connectivity index (χ2n) is 5.96. The molecular weight excluding hydrogens is 326 g/mol. The van der Waals surface area contributed by atoms with Crippen LogP contribution in [0.15, 0.2) is 67.0 Å². The molecule has 2 aromatic heterocycles. The molecular formula is C21H19N3O2. The zero-order valence-electron chi connectivity index (χ0n) is 14.7. The van der Waals surface area contributed by atoms with E-state index in [4.69, 9.17) is 14.5 Å². The first kappa shape index (κ1) is 16.1. The van der Waals surface area contributed by atoms with E-state index in [-0.39, 0.29) is 0 Å². The van der Waals surface area contributed by atoms with Crippen molar-refractivity contribution in [3.05, 3.63) is 72.6 Å². The number of hydrogen-bond acceptors (Lipinski definition) is 4. The Labute approximate surface area is 151 Å². The molecule has 0 N–H and O–H groups in total. The van der Waals surface area contributed by atoms with E-state index in [1.165, 1.54) is 0 Å². The number of hydrogen-bond donors (Lipinski definition) is 0. The van der Waals surface area contributed by atoms with Gasteiger partial charge in [0.15, 0.2) is 0 Å². The van der Waals surface area contributed by atoms with Crippen LogP contribution in [-0.2, 0) is 6.54 Å². The molecule has 26 heavy (non-hydrogen) atoms. The molecule has 0 fully saturated rings. The normalized spacial score (nSPS) is 10.8. The van der Waals surface area contributed by atoms with Gasteiger partial charge in [-0.2, -0.15) is 5.10 Å². The predicted octanol–water partition coefficient (Wildman–Crippen LogP) is 4.16. The van der Waals surface area contributed by atoms with E-state index in [1.54, 1.807) is 20.4 Å². The number of benzene rings is 2. The zero-order valence-corrected chi connectivity index (χ0v) is 14.7. The Morgan fingerprint density at radius 1 is 0.962 bits per heavy atom. The predicted molar refractivity (Wildman–Crippen MR) is 102 cm³/mol. The Bertz CT molecular complexity index is 1040. The summed E-state index contributed by atoms with van der Waals surface area (Å²) in [6, 6.07) is 17.9. The molecule has 5 nitrogen and oxygen atoms in total. The largest absolute Gasteiger partial charge is 0.497 e. The molecule has 130 valence electrons. The number of methoxy groups -OCH3 is 2. The summed E-state index contributed by atoms with van der Waals surface area (Å²) in [4.78, 5) is 4.94. The third-order valence-corrected chi connectivity index (χ3v) is 4.36. The highest BCUT2D eigenvalue weighted by Crippen LogP contribution is 2.33. The van der Waals surface area contributed by atoms with Gasteiger partial charge in [-0.1, -0.05) is 12.1 Å². The maximum Gasteiger partial charge on any atom is 0.128 e. The molecule has 0 aliphatic carbocycles. The fourth-order valence-corrected chi connectivity index (χ4v) is 3.08. The van der Waals surface area contributed by atoms with Crippen LogP contribution >= 0.6 is 0 Å². The number of para-hydroxylation sites is 1. The van der Waals surface area contributed by atoms with Gasteiger partial charge in [-0.25, -0.2) is 4.98 Å². The van der Waals surface area contributed by atoms with Crippen LogP contribution in [0.25, 0.3) is 22.2 Å². The van der Waals surface area contributed by atoms with Crippen LogP contribution in [0.3, 0.4) is 0 Å². The third kappa shape index (κ3) is 2.99. The smallest absolute Gasteiger partial charge is 0.128 e. The number of rotatable bonds is 5. The lowest BCUT2D eigenvalue weighted by molar-refractivity contribution is 0.415. The van der Waals surface area contributed by atoms with Crippen LogP contribution in [-0.4, -0.2) is 29.0 Å². The molecule has 0 spiro atoms. The van der Waals surface area contributed by atoms with E-state index in [2.05, 4.69) is 11.2 Å². The minimum Gasteiger partial charge on any atom is -0.497 e. The van der Waals surface area contributed by atoms with Crippen LogP contribution in [0, 0.1) is 0 Å². The molecule has 0 saturated heterocycles. The van der Waals surface area contributed by atoms with Gasteiger partial charge in [0.1, 0.15) is 11.5 Å². The van der Waals surface area contributed by atoms with Gasteiger partial charge in [0.05, 0.1) is 32.0 Å². The summed E-state index contributed by atoms with van der Waals surface area (Å²) in [6.45, 7) is 0.634. The maximum atomic E-state index is 5.56. The van der Waals surface area contributed by atoms with Crippen molar-refractivity contribution >= 4 is 10.9 Å². The number of aromatic nitrogens is 3. The number of nitrogens with zero attached hydrogens (tertiary/aromatic N) is 3. The van der Waals surface area contributed by atoms with E-state index in [1.807, 2.05) is 59.4 Å². The van der Waals surface area contributed by atoms with Gasteiger partial charge >= 0.3 is 0 Å². The molecule has 0 radical (unpaired) electrons. The fourth-order valence-electron chi connectivity index (χ4n) is 3.08. The van der Waals surface area contributed by atoms with Crippen molar-refractivity contribution in [2.75, 3.05) is 14.2 Å². The van der Waals surface area contributed by atoms with Crippen LogP contribution in [0.2, 0.25) is 0 Å². The summed E-state index contributed by atoms with van der Waals surface area (Å²) in [5, 5.41) is 5.40. The first-order valence-corrected chi connectivity index (χ1v) is 8.37. The highest BCUT2D eigenvalue weighted by atomic mass is 16.5. The van der Waals surface area contributed by atoms with Crippen molar-refractivity contribution in [1.82, 2.24) is 14.8 Å². The van der Waals surface area contributed by atoms with Crippen molar-refractivity contribution in [3.8, 4) is 22.8 Å². The molecule has 4 rings (SSSR count). The standard InChI is InChI=1S/C21H19N3O2/c1-25-17-9-8-15-12-16(14-24-11-5-10-22-24)21(23-19(15)13-17)18-6-3-4-7-20(18)26-2/h3-13H,14H2,1-2H3. The molecule has 0 bridgehead atoms. The second-order valence-corrected chi connectivity index (χ2v) is 5.96. The Morgan fingerprint density at radius 2 is 1.85 bits per heavy atom. The van der Waals surface area contributed by atoms with Crippen LogP contribution in [0.4, 0.5) is 0 Å². The molecule has 0 amide bonds. The van der Waals surface area contributed by atoms with Gasteiger partial charge in [0.25, 0.3) is 0 Å². The minimum absolute atomic E-state index is 0.634. The number of ether oxygens (including phenoxy) is 2. The number of pyridine rings is 1. The van der Waals surface area contributed by atoms with Gasteiger partial charge in [-0.3, -0.25) is 4.68 Å². The van der Waals surface area contributed by atoms with Crippen molar-refractivity contribution < 1.29 is 9.47 Å². The Balaban J connectivity index is 1.94. The van der Waals surface area contributed by atoms with E-state index in [0.29, 0.717) is 6.54 Å². The topological polar surface area (TPSA) is 49.2 Å². The average Bonchev–Trinajstić information content (AvgIpc) is 3.20. The van der Waals surface area contributed by atoms with E-state index in [0.717, 1.165) is 39.2 Å². The summed E-state index contributed by atoms with van der Waals surface area (Å²) in [5.41, 5.74) is 3.81. The van der Waals surface area contributed by atoms with Crippen molar-refractivity contribution in [3.63, 3.8) is 0 Å². The Kier molecular flexibility index (Phi) is 4.27. The highest BCUT2D eigenvalue weighted by molar-refractivity contribution is 5.85. The van der Waals surface area contributed by atoms with Gasteiger partial charge in [-0.05, 0) is 36.4 Å². The zero-order chi connectivity index (χ0) is 17.9. The van der Waals surface area contributed by atoms with Crippen LogP contribution in [0.5, 0.6) is 11.5 Å². The van der Waals surface area contributed by atoms with Gasteiger partial charge in [0, 0.05) is 35.0 Å². The molecule has 2 aromatic carbocycles. The first-order chi connectivity index (χ1) is 12.8. The lowest BCUT2D eigenvalue weighted by atomic mass is 10.0. The van der Waals surface area contributed by atoms with Crippen molar-refractivity contribution in [1.29, 1.82) is 0 Å². The molecule has 5 heteroatoms.